The van der Waals surface area contributed by atoms with E-state index in [1.165, 1.54) is 0 Å². The molecule has 57 heavy (non-hydrogen) atoms. The Morgan fingerprint density at radius 2 is 1.47 bits per heavy atom. The third-order valence-corrected chi connectivity index (χ3v) is 12.9. The molecule has 0 spiro atoms. The van der Waals surface area contributed by atoms with E-state index in [0.29, 0.717) is 42.0 Å². The lowest BCUT2D eigenvalue weighted by Crippen LogP contribution is -2.74. The number of nitriles is 1. The van der Waals surface area contributed by atoms with Gasteiger partial charge in [-0.2, -0.15) is 5.26 Å². The van der Waals surface area contributed by atoms with Gasteiger partial charge in [-0.1, -0.05) is 27.7 Å². The number of ether oxygens (including phenoxy) is 1. The van der Waals surface area contributed by atoms with E-state index in [1.54, 1.807) is 6.20 Å². The molecule has 3 saturated heterocycles. The molecule has 2 aromatic carbocycles. The van der Waals surface area contributed by atoms with Crippen LogP contribution in [0.1, 0.15) is 90.8 Å². The van der Waals surface area contributed by atoms with Crippen molar-refractivity contribution in [1.82, 2.24) is 25.8 Å². The lowest BCUT2D eigenvalue weighted by atomic mass is 9.49. The summed E-state index contributed by atoms with van der Waals surface area (Å²) in [5.41, 5.74) is 5.23. The molecule has 1 aliphatic carbocycles. The van der Waals surface area contributed by atoms with Gasteiger partial charge in [0, 0.05) is 99.1 Å². The van der Waals surface area contributed by atoms with Gasteiger partial charge in [-0.05, 0) is 92.6 Å². The molecule has 4 heterocycles. The summed E-state index contributed by atoms with van der Waals surface area (Å²) >= 11 is 0. The molecule has 1 unspecified atom stereocenters. The summed E-state index contributed by atoms with van der Waals surface area (Å²) in [5.74, 6) is 1.21. The van der Waals surface area contributed by atoms with Gasteiger partial charge in [0.2, 0.25) is 5.91 Å². The summed E-state index contributed by atoms with van der Waals surface area (Å²) in [7, 11) is 0. The van der Waals surface area contributed by atoms with Crippen molar-refractivity contribution in [2.45, 2.75) is 85.4 Å². The summed E-state index contributed by atoms with van der Waals surface area (Å²) in [4.78, 5) is 49.6. The van der Waals surface area contributed by atoms with Crippen molar-refractivity contribution < 1.29 is 19.1 Å². The molecule has 4 fully saturated rings. The molecule has 4 aliphatic rings. The zero-order valence-corrected chi connectivity index (χ0v) is 34.4. The highest BCUT2D eigenvalue weighted by Crippen LogP contribution is 2.55. The summed E-state index contributed by atoms with van der Waals surface area (Å²) < 4.78 is 6.55. The van der Waals surface area contributed by atoms with Gasteiger partial charge in [0.1, 0.15) is 11.9 Å². The van der Waals surface area contributed by atoms with E-state index in [1.807, 2.05) is 50.4 Å². The second-order valence-corrected chi connectivity index (χ2v) is 17.8. The standard InChI is InChI=1S/C45H58N8O4/c1-29-21-37(22-30(2)38(29)24-46)57-43-44(3,4)42(45(43,5)6)50-40(55)32-7-10-35(11-8-32)52-15-13-31(14-16-52)28-51-17-19-53(20-18-51)36-23-33(25-47-27-36)41(56)49-34-9-12-39(54)48-26-34/h7-8,10-11,21-23,25,27,31,34,42-43H,9,12-20,26,28H2,1-6H3,(H,48,54)(H,49,56)(H,50,55). The van der Waals surface area contributed by atoms with Crippen molar-refractivity contribution >= 4 is 29.1 Å². The largest absolute Gasteiger partial charge is 0.489 e. The fraction of sp³-hybridized carbons (Fsp3) is 0.533. The monoisotopic (exact) mass is 774 g/mol. The third-order valence-electron chi connectivity index (χ3n) is 12.9. The second-order valence-electron chi connectivity index (χ2n) is 17.8. The Morgan fingerprint density at radius 1 is 0.842 bits per heavy atom. The van der Waals surface area contributed by atoms with Crippen LogP contribution >= 0.6 is 0 Å². The average molecular weight is 775 g/mol. The molecule has 3 amide bonds. The van der Waals surface area contributed by atoms with Gasteiger partial charge in [-0.25, -0.2) is 0 Å². The fourth-order valence-electron chi connectivity index (χ4n) is 9.92. The van der Waals surface area contributed by atoms with Crippen LogP contribution < -0.4 is 30.5 Å². The number of piperidine rings is 2. The molecular formula is C45H58N8O4. The molecule has 3 aromatic rings. The van der Waals surface area contributed by atoms with Crippen LogP contribution in [0.15, 0.2) is 54.9 Å². The van der Waals surface area contributed by atoms with Crippen LogP contribution in [0.2, 0.25) is 0 Å². The maximum absolute atomic E-state index is 13.6. The number of benzene rings is 2. The van der Waals surface area contributed by atoms with E-state index in [0.717, 1.165) is 86.9 Å². The van der Waals surface area contributed by atoms with Gasteiger partial charge in [0.05, 0.1) is 29.1 Å². The minimum absolute atomic E-state index is 0.0339. The van der Waals surface area contributed by atoms with Crippen molar-refractivity contribution in [2.24, 2.45) is 16.7 Å². The van der Waals surface area contributed by atoms with Gasteiger partial charge < -0.3 is 30.5 Å². The topological polar surface area (TPSA) is 143 Å². The number of aromatic nitrogens is 1. The van der Waals surface area contributed by atoms with Crippen molar-refractivity contribution in [1.29, 1.82) is 5.26 Å². The fourth-order valence-corrected chi connectivity index (χ4v) is 9.92. The predicted octanol–water partition coefficient (Wildman–Crippen LogP) is 5.23. The number of carbonyl (C=O) groups excluding carboxylic acids is 3. The molecule has 0 radical (unpaired) electrons. The van der Waals surface area contributed by atoms with Crippen molar-refractivity contribution in [3.8, 4) is 11.8 Å². The van der Waals surface area contributed by atoms with Gasteiger partial charge in [-0.3, -0.25) is 24.3 Å². The van der Waals surface area contributed by atoms with Crippen molar-refractivity contribution in [3.05, 3.63) is 82.7 Å². The number of nitrogens with one attached hydrogen (secondary N) is 3. The third kappa shape index (κ3) is 8.59. The molecule has 7 rings (SSSR count). The smallest absolute Gasteiger partial charge is 0.253 e. The summed E-state index contributed by atoms with van der Waals surface area (Å²) in [6.45, 7) is 19.7. The molecular weight excluding hydrogens is 717 g/mol. The van der Waals surface area contributed by atoms with E-state index in [2.05, 4.69) is 81.5 Å². The number of hydrogen-bond donors (Lipinski definition) is 3. The highest BCUT2D eigenvalue weighted by molar-refractivity contribution is 5.95. The molecule has 3 aliphatic heterocycles. The number of pyridine rings is 1. The minimum atomic E-state index is -0.298. The maximum atomic E-state index is 13.6. The molecule has 12 nitrogen and oxygen atoms in total. The Labute approximate surface area is 337 Å². The minimum Gasteiger partial charge on any atom is -0.489 e. The Balaban J connectivity index is 0.848. The molecule has 3 N–H and O–H groups in total. The van der Waals surface area contributed by atoms with E-state index in [9.17, 15) is 19.6 Å². The number of hydrogen-bond acceptors (Lipinski definition) is 9. The van der Waals surface area contributed by atoms with Crippen molar-refractivity contribution in [2.75, 3.05) is 62.2 Å². The zero-order chi connectivity index (χ0) is 40.5. The van der Waals surface area contributed by atoms with E-state index in [4.69, 9.17) is 4.74 Å². The lowest BCUT2D eigenvalue weighted by molar-refractivity contribution is -0.164. The van der Waals surface area contributed by atoms with Crippen LogP contribution in [-0.2, 0) is 4.79 Å². The number of nitrogens with zero attached hydrogens (tertiary/aromatic N) is 5. The predicted molar refractivity (Wildman–Crippen MR) is 222 cm³/mol. The maximum Gasteiger partial charge on any atom is 0.253 e. The molecule has 1 atom stereocenters. The van der Waals surface area contributed by atoms with Gasteiger partial charge in [-0.15, -0.1) is 0 Å². The van der Waals surface area contributed by atoms with Gasteiger partial charge >= 0.3 is 0 Å². The summed E-state index contributed by atoms with van der Waals surface area (Å²) in [6.07, 6.45) is 6.68. The normalized spacial score (nSPS) is 23.5. The first-order valence-corrected chi connectivity index (χ1v) is 20.6. The van der Waals surface area contributed by atoms with Gasteiger partial charge in [0.15, 0.2) is 0 Å². The van der Waals surface area contributed by atoms with Crippen LogP contribution in [0.3, 0.4) is 0 Å². The molecule has 302 valence electrons. The Morgan fingerprint density at radius 3 is 2.09 bits per heavy atom. The van der Waals surface area contributed by atoms with Crippen molar-refractivity contribution in [3.63, 3.8) is 0 Å². The highest BCUT2D eigenvalue weighted by Gasteiger charge is 2.64. The summed E-state index contributed by atoms with van der Waals surface area (Å²) in [6, 6.07) is 16.0. The highest BCUT2D eigenvalue weighted by atomic mass is 16.5. The first kappa shape index (κ1) is 40.1. The second kappa shape index (κ2) is 16.4. The van der Waals surface area contributed by atoms with Crippen LogP contribution in [0.5, 0.6) is 5.75 Å². The van der Waals surface area contributed by atoms with E-state index < -0.39 is 0 Å². The molecule has 1 aromatic heterocycles. The number of rotatable bonds is 10. The quantitative estimate of drug-likeness (QED) is 0.253. The number of carbonyl (C=O) groups is 3. The van der Waals surface area contributed by atoms with Crippen LogP contribution in [0.4, 0.5) is 11.4 Å². The first-order chi connectivity index (χ1) is 27.2. The van der Waals surface area contributed by atoms with Crippen LogP contribution in [-0.4, -0.2) is 98.2 Å². The summed E-state index contributed by atoms with van der Waals surface area (Å²) in [5, 5.41) is 18.7. The Bertz CT molecular complexity index is 1960. The lowest BCUT2D eigenvalue weighted by Gasteiger charge is -2.63. The van der Waals surface area contributed by atoms with Crippen LogP contribution in [0.25, 0.3) is 0 Å². The van der Waals surface area contributed by atoms with E-state index in [-0.39, 0.29) is 46.7 Å². The number of aryl methyl sites for hydroxylation is 2. The van der Waals surface area contributed by atoms with E-state index >= 15 is 0 Å². The average Bonchev–Trinajstić information content (AvgIpc) is 3.20. The Kier molecular flexibility index (Phi) is 11.5. The zero-order valence-electron chi connectivity index (χ0n) is 34.4. The molecule has 12 heteroatoms. The van der Waals surface area contributed by atoms with Crippen LogP contribution in [0, 0.1) is 41.9 Å². The molecule has 1 saturated carbocycles. The Hall–Kier alpha value is -5.15. The number of anilines is 2. The SMILES string of the molecule is Cc1cc(OC2C(C)(C)C(NC(=O)c3ccc(N4CCC(CN5CCN(c6cncc(C(=O)NC7CCC(=O)NC7)c6)CC5)CC4)cc3)C2(C)C)cc(C)c1C#N. The first-order valence-electron chi connectivity index (χ1n) is 20.6. The number of amides is 3. The number of piperazine rings is 1. The molecule has 0 bridgehead atoms. The van der Waals surface area contributed by atoms with Gasteiger partial charge in [0.25, 0.3) is 11.8 Å².